The lowest BCUT2D eigenvalue weighted by Crippen LogP contribution is -2.49. The molecule has 5 rings (SSSR count). The monoisotopic (exact) mass is 486 g/mol. The number of aliphatic hydroxyl groups is 1. The van der Waals surface area contributed by atoms with E-state index in [9.17, 15) is 9.50 Å². The van der Waals surface area contributed by atoms with Crippen LogP contribution in [0.25, 0.3) is 11.1 Å². The molecule has 36 heavy (non-hydrogen) atoms. The number of hydrogen-bond acceptors (Lipinski definition) is 5. The molecule has 6 heteroatoms. The number of aliphatic hydroxyl groups excluding tert-OH is 1. The number of aromatic nitrogens is 1. The van der Waals surface area contributed by atoms with Crippen LogP contribution in [0.3, 0.4) is 0 Å². The Morgan fingerprint density at radius 2 is 1.83 bits per heavy atom. The minimum Gasteiger partial charge on any atom is -0.393 e. The number of amidine groups is 1. The molecule has 5 nitrogen and oxygen atoms in total. The van der Waals surface area contributed by atoms with Gasteiger partial charge in [-0.3, -0.25) is 9.98 Å². The zero-order valence-electron chi connectivity index (χ0n) is 21.8. The van der Waals surface area contributed by atoms with Gasteiger partial charge in [-0.25, -0.2) is 9.38 Å². The molecular weight excluding hydrogens is 451 g/mol. The summed E-state index contributed by atoms with van der Waals surface area (Å²) in [4.78, 5) is 14.7. The van der Waals surface area contributed by atoms with Gasteiger partial charge in [-0.2, -0.15) is 0 Å². The quantitative estimate of drug-likeness (QED) is 0.586. The van der Waals surface area contributed by atoms with Gasteiger partial charge in [-0.1, -0.05) is 31.9 Å². The second-order valence-corrected chi connectivity index (χ2v) is 11.6. The van der Waals surface area contributed by atoms with Gasteiger partial charge in [0.2, 0.25) is 0 Å². The summed E-state index contributed by atoms with van der Waals surface area (Å²) in [6.45, 7) is 9.11. The third-order valence-electron chi connectivity index (χ3n) is 8.15. The zero-order chi connectivity index (χ0) is 25.9. The van der Waals surface area contributed by atoms with Gasteiger partial charge < -0.3 is 10.8 Å². The average molecular weight is 487 g/mol. The molecule has 1 saturated carbocycles. The SMILES string of the molecule is CC#Cc1cncc(-c2ccc3c(c2)[C@]2(N=C(N)C(CC(C)(C)F)=N2)C2(C3)C[C@@H](C)C(O)[C@@H](C)C2)c1. The summed E-state index contributed by atoms with van der Waals surface area (Å²) in [7, 11) is 0. The van der Waals surface area contributed by atoms with Crippen molar-refractivity contribution in [2.75, 3.05) is 0 Å². The van der Waals surface area contributed by atoms with E-state index in [2.05, 4.69) is 48.9 Å². The Bertz CT molecular complexity index is 1320. The normalized spacial score (nSPS) is 31.1. The molecule has 1 fully saturated rings. The molecule has 2 heterocycles. The van der Waals surface area contributed by atoms with Gasteiger partial charge in [0.25, 0.3) is 0 Å². The van der Waals surface area contributed by atoms with E-state index < -0.39 is 11.3 Å². The Hall–Kier alpha value is -3.04. The van der Waals surface area contributed by atoms with Crippen LogP contribution < -0.4 is 5.73 Å². The number of fused-ring (bicyclic) bond motifs is 3. The number of aliphatic imine (C=N–C) groups is 2. The molecule has 188 valence electrons. The Morgan fingerprint density at radius 1 is 1.11 bits per heavy atom. The number of nitrogens with two attached hydrogens (primary N) is 1. The van der Waals surface area contributed by atoms with E-state index in [-0.39, 0.29) is 29.8 Å². The van der Waals surface area contributed by atoms with Crippen molar-refractivity contribution in [3.8, 4) is 23.0 Å². The predicted octanol–water partition coefficient (Wildman–Crippen LogP) is 5.19. The Labute approximate surface area is 213 Å². The van der Waals surface area contributed by atoms with Gasteiger partial charge in [0.15, 0.2) is 5.66 Å². The van der Waals surface area contributed by atoms with Crippen molar-refractivity contribution in [3.05, 3.63) is 53.3 Å². The molecule has 2 aromatic rings. The van der Waals surface area contributed by atoms with Crippen LogP contribution in [0.15, 0.2) is 46.6 Å². The maximum atomic E-state index is 14.7. The maximum absolute atomic E-state index is 14.7. The van der Waals surface area contributed by atoms with E-state index in [4.69, 9.17) is 15.7 Å². The first-order valence-electron chi connectivity index (χ1n) is 12.8. The van der Waals surface area contributed by atoms with Crippen LogP contribution >= 0.6 is 0 Å². The summed E-state index contributed by atoms with van der Waals surface area (Å²) in [6.07, 6.45) is 5.71. The molecule has 5 atom stereocenters. The molecule has 2 unspecified atom stereocenters. The number of rotatable bonds is 3. The molecule has 2 spiro atoms. The fourth-order valence-electron chi connectivity index (χ4n) is 6.77. The molecule has 2 aliphatic carbocycles. The summed E-state index contributed by atoms with van der Waals surface area (Å²) < 4.78 is 14.7. The van der Waals surface area contributed by atoms with E-state index >= 15 is 0 Å². The van der Waals surface area contributed by atoms with Crippen LogP contribution in [0.2, 0.25) is 0 Å². The third-order valence-corrected chi connectivity index (χ3v) is 8.15. The summed E-state index contributed by atoms with van der Waals surface area (Å²) >= 11 is 0. The lowest BCUT2D eigenvalue weighted by atomic mass is 9.59. The first-order chi connectivity index (χ1) is 17.0. The third kappa shape index (κ3) is 3.94. The Kier molecular flexibility index (Phi) is 5.83. The van der Waals surface area contributed by atoms with Crippen molar-refractivity contribution in [1.82, 2.24) is 4.98 Å². The van der Waals surface area contributed by atoms with Crippen molar-refractivity contribution in [1.29, 1.82) is 0 Å². The molecule has 1 aromatic carbocycles. The van der Waals surface area contributed by atoms with Crippen LogP contribution in [-0.4, -0.2) is 33.4 Å². The second kappa shape index (κ2) is 8.52. The molecule has 0 amide bonds. The number of hydrogen-bond donors (Lipinski definition) is 2. The summed E-state index contributed by atoms with van der Waals surface area (Å²) in [6, 6.07) is 8.48. The van der Waals surface area contributed by atoms with Crippen LogP contribution in [-0.2, 0) is 12.1 Å². The smallest absolute Gasteiger partial charge is 0.184 e. The predicted molar refractivity (Wildman–Crippen MR) is 142 cm³/mol. The van der Waals surface area contributed by atoms with E-state index in [1.54, 1.807) is 20.0 Å². The van der Waals surface area contributed by atoms with Crippen molar-refractivity contribution in [3.63, 3.8) is 0 Å². The summed E-state index contributed by atoms with van der Waals surface area (Å²) in [5.41, 5.74) is 9.37. The highest BCUT2D eigenvalue weighted by molar-refractivity contribution is 6.42. The Balaban J connectivity index is 1.69. The number of pyridine rings is 1. The van der Waals surface area contributed by atoms with E-state index in [0.29, 0.717) is 11.5 Å². The number of alkyl halides is 1. The largest absolute Gasteiger partial charge is 0.393 e. The van der Waals surface area contributed by atoms with Gasteiger partial charge in [0.05, 0.1) is 11.8 Å². The molecule has 0 bridgehead atoms. The molecule has 1 aromatic heterocycles. The zero-order valence-corrected chi connectivity index (χ0v) is 21.8. The fraction of sp³-hybridized carbons (Fsp3) is 0.500. The Morgan fingerprint density at radius 3 is 2.50 bits per heavy atom. The standard InChI is InChI=1S/C30H35FN4O/c1-6-7-20-10-23(17-33-16-20)21-8-9-22-14-29(12-18(2)26(36)19(3)13-29)30(24(22)11-21)34-25(27(32)35-30)15-28(4,5)31/h8-11,16-19,26,36H,12-15H2,1-5H3,(H2,32,35)/t18-,19+,26?,29?,30-/m0/s1. The summed E-state index contributed by atoms with van der Waals surface area (Å²) in [5, 5.41) is 10.8. The topological polar surface area (TPSA) is 83.9 Å². The van der Waals surface area contributed by atoms with Crippen molar-refractivity contribution >= 4 is 11.5 Å². The van der Waals surface area contributed by atoms with Crippen LogP contribution in [0.5, 0.6) is 0 Å². The highest BCUT2D eigenvalue weighted by Gasteiger charge is 2.63. The minimum absolute atomic E-state index is 0.0983. The molecule has 1 aliphatic heterocycles. The van der Waals surface area contributed by atoms with E-state index in [1.165, 1.54) is 5.56 Å². The van der Waals surface area contributed by atoms with Crippen LogP contribution in [0, 0.1) is 29.1 Å². The van der Waals surface area contributed by atoms with Gasteiger partial charge in [-0.05, 0) is 75.1 Å². The van der Waals surface area contributed by atoms with E-state index in [1.807, 2.05) is 19.2 Å². The summed E-state index contributed by atoms with van der Waals surface area (Å²) in [5.74, 6) is 6.53. The first kappa shape index (κ1) is 24.6. The van der Waals surface area contributed by atoms with Crippen molar-refractivity contribution < 1.29 is 9.50 Å². The first-order valence-corrected chi connectivity index (χ1v) is 12.8. The average Bonchev–Trinajstić information content (AvgIpc) is 3.25. The van der Waals surface area contributed by atoms with Gasteiger partial charge in [0, 0.05) is 40.9 Å². The van der Waals surface area contributed by atoms with Gasteiger partial charge in [0.1, 0.15) is 11.5 Å². The van der Waals surface area contributed by atoms with Crippen LogP contribution in [0.4, 0.5) is 4.39 Å². The number of benzene rings is 1. The van der Waals surface area contributed by atoms with Crippen LogP contribution in [0.1, 0.15) is 70.6 Å². The lowest BCUT2D eigenvalue weighted by Gasteiger charge is -2.49. The fourth-order valence-corrected chi connectivity index (χ4v) is 6.77. The van der Waals surface area contributed by atoms with Gasteiger partial charge in [-0.15, -0.1) is 5.92 Å². The second-order valence-electron chi connectivity index (χ2n) is 11.6. The molecule has 0 radical (unpaired) electrons. The lowest BCUT2D eigenvalue weighted by molar-refractivity contribution is -0.0529. The molecule has 3 aliphatic rings. The molecule has 3 N–H and O–H groups in total. The number of nitrogens with zero attached hydrogens (tertiary/aromatic N) is 3. The minimum atomic E-state index is -1.45. The van der Waals surface area contributed by atoms with Crippen molar-refractivity contribution in [2.45, 2.75) is 77.7 Å². The molecule has 0 saturated heterocycles. The van der Waals surface area contributed by atoms with Crippen molar-refractivity contribution in [2.24, 2.45) is 33.0 Å². The van der Waals surface area contributed by atoms with Gasteiger partial charge >= 0.3 is 0 Å². The van der Waals surface area contributed by atoms with E-state index in [0.717, 1.165) is 41.5 Å². The highest BCUT2D eigenvalue weighted by atomic mass is 19.1. The highest BCUT2D eigenvalue weighted by Crippen LogP contribution is 2.63. The maximum Gasteiger partial charge on any atom is 0.184 e. The number of halogens is 1. The molecular formula is C30H35FN4O.